The molecule has 0 atom stereocenters. The van der Waals surface area contributed by atoms with Gasteiger partial charge in [-0.2, -0.15) is 0 Å². The Bertz CT molecular complexity index is 384. The number of nitrogens with zero attached hydrogens (tertiary/aromatic N) is 4. The number of aromatic nitrogens is 4. The van der Waals surface area contributed by atoms with Crippen molar-refractivity contribution in [3.05, 3.63) is 43.0 Å². The maximum Gasteiger partial charge on any atom is 0.115 e. The van der Waals surface area contributed by atoms with E-state index in [1.54, 1.807) is 18.7 Å². The second-order valence-corrected chi connectivity index (χ2v) is 3.53. The van der Waals surface area contributed by atoms with Gasteiger partial charge < -0.3 is 9.88 Å². The quantitative estimate of drug-likeness (QED) is 0.729. The maximum atomic E-state index is 4.14. The molecule has 5 heteroatoms. The van der Waals surface area contributed by atoms with E-state index in [0.717, 1.165) is 31.7 Å². The van der Waals surface area contributed by atoms with E-state index < -0.39 is 0 Å². The van der Waals surface area contributed by atoms with Crippen LogP contribution >= 0.6 is 0 Å². The maximum absolute atomic E-state index is 4.14. The molecule has 0 saturated heterocycles. The highest BCUT2D eigenvalue weighted by molar-refractivity contribution is 4.96. The molecule has 0 aliphatic heterocycles. The van der Waals surface area contributed by atoms with Crippen molar-refractivity contribution in [2.24, 2.45) is 0 Å². The van der Waals surface area contributed by atoms with Gasteiger partial charge in [0, 0.05) is 31.7 Å². The normalized spacial score (nSPS) is 10.5. The minimum absolute atomic E-state index is 0.798. The van der Waals surface area contributed by atoms with E-state index in [-0.39, 0.29) is 0 Å². The van der Waals surface area contributed by atoms with Crippen molar-refractivity contribution in [3.8, 4) is 0 Å². The van der Waals surface area contributed by atoms with Crippen molar-refractivity contribution >= 4 is 0 Å². The monoisotopic (exact) mass is 217 g/mol. The zero-order chi connectivity index (χ0) is 11.1. The van der Waals surface area contributed by atoms with Gasteiger partial charge in [0.25, 0.3) is 0 Å². The smallest absolute Gasteiger partial charge is 0.115 e. The highest BCUT2D eigenvalue weighted by atomic mass is 15.0. The van der Waals surface area contributed by atoms with Crippen LogP contribution in [0.25, 0.3) is 0 Å². The van der Waals surface area contributed by atoms with E-state index in [2.05, 4.69) is 24.8 Å². The van der Waals surface area contributed by atoms with Crippen molar-refractivity contribution in [1.82, 2.24) is 24.8 Å². The Kier molecular flexibility index (Phi) is 4.01. The summed E-state index contributed by atoms with van der Waals surface area (Å²) in [6.45, 7) is 2.77. The second kappa shape index (κ2) is 5.97. The van der Waals surface area contributed by atoms with E-state index in [4.69, 9.17) is 0 Å². The zero-order valence-electron chi connectivity index (χ0n) is 9.08. The molecular formula is C11H15N5. The third-order valence-corrected chi connectivity index (χ3v) is 2.28. The number of hydrogen-bond acceptors (Lipinski definition) is 4. The molecule has 0 bridgehead atoms. The Labute approximate surface area is 94.6 Å². The molecule has 2 aromatic rings. The number of nitrogens with one attached hydrogen (secondary N) is 1. The van der Waals surface area contributed by atoms with Gasteiger partial charge in [0.15, 0.2) is 0 Å². The molecule has 0 aliphatic rings. The van der Waals surface area contributed by atoms with Crippen LogP contribution in [0.1, 0.15) is 12.1 Å². The largest absolute Gasteiger partial charge is 0.337 e. The molecule has 0 aromatic carbocycles. The summed E-state index contributed by atoms with van der Waals surface area (Å²) in [5, 5.41) is 3.34. The van der Waals surface area contributed by atoms with Gasteiger partial charge in [-0.3, -0.25) is 0 Å². The highest BCUT2D eigenvalue weighted by Crippen LogP contribution is 1.92. The second-order valence-electron chi connectivity index (χ2n) is 3.53. The molecule has 2 aromatic heterocycles. The summed E-state index contributed by atoms with van der Waals surface area (Å²) in [6.07, 6.45) is 10.0. The average molecular weight is 217 g/mol. The van der Waals surface area contributed by atoms with Gasteiger partial charge in [0.05, 0.1) is 12.0 Å². The van der Waals surface area contributed by atoms with Gasteiger partial charge in [-0.25, -0.2) is 15.0 Å². The molecule has 0 amide bonds. The first kappa shape index (κ1) is 10.8. The van der Waals surface area contributed by atoms with Crippen molar-refractivity contribution < 1.29 is 0 Å². The summed E-state index contributed by atoms with van der Waals surface area (Å²) >= 11 is 0. The van der Waals surface area contributed by atoms with Crippen LogP contribution in [0.3, 0.4) is 0 Å². The number of hydrogen-bond donors (Lipinski definition) is 1. The third kappa shape index (κ3) is 3.43. The molecule has 5 nitrogen and oxygen atoms in total. The lowest BCUT2D eigenvalue weighted by Gasteiger charge is -2.04. The minimum atomic E-state index is 0.798. The lowest BCUT2D eigenvalue weighted by atomic mass is 10.3. The Balaban J connectivity index is 1.59. The van der Waals surface area contributed by atoms with Crippen LogP contribution in [0.15, 0.2) is 37.3 Å². The SMILES string of the molecule is c1cc(CNCCCn2ccnc2)ncn1. The predicted octanol–water partition coefficient (Wildman–Crippen LogP) is 0.853. The summed E-state index contributed by atoms with van der Waals surface area (Å²) in [6, 6.07) is 1.92. The van der Waals surface area contributed by atoms with Crippen molar-refractivity contribution in [3.63, 3.8) is 0 Å². The lowest BCUT2D eigenvalue weighted by Crippen LogP contribution is -2.17. The minimum Gasteiger partial charge on any atom is -0.337 e. The Morgan fingerprint density at radius 1 is 1.25 bits per heavy atom. The Hall–Kier alpha value is -1.75. The van der Waals surface area contributed by atoms with Gasteiger partial charge in [-0.15, -0.1) is 0 Å². The van der Waals surface area contributed by atoms with Gasteiger partial charge in [0.1, 0.15) is 6.33 Å². The summed E-state index contributed by atoms with van der Waals surface area (Å²) in [4.78, 5) is 12.0. The lowest BCUT2D eigenvalue weighted by molar-refractivity contribution is 0.576. The van der Waals surface area contributed by atoms with Crippen LogP contribution < -0.4 is 5.32 Å². The Morgan fingerprint density at radius 2 is 2.25 bits per heavy atom. The summed E-state index contributed by atoms with van der Waals surface area (Å²) in [5.41, 5.74) is 1.03. The average Bonchev–Trinajstić information content (AvgIpc) is 2.83. The van der Waals surface area contributed by atoms with Gasteiger partial charge in [-0.1, -0.05) is 0 Å². The van der Waals surface area contributed by atoms with E-state index >= 15 is 0 Å². The van der Waals surface area contributed by atoms with Crippen molar-refractivity contribution in [2.75, 3.05) is 6.54 Å². The summed E-state index contributed by atoms with van der Waals surface area (Å²) < 4.78 is 2.08. The topological polar surface area (TPSA) is 55.6 Å². The van der Waals surface area contributed by atoms with Gasteiger partial charge in [0.2, 0.25) is 0 Å². The van der Waals surface area contributed by atoms with Gasteiger partial charge in [-0.05, 0) is 19.0 Å². The van der Waals surface area contributed by atoms with Crippen molar-refractivity contribution in [2.45, 2.75) is 19.5 Å². The van der Waals surface area contributed by atoms with Gasteiger partial charge >= 0.3 is 0 Å². The van der Waals surface area contributed by atoms with Crippen LogP contribution in [-0.4, -0.2) is 26.1 Å². The molecule has 84 valence electrons. The fraction of sp³-hybridized carbons (Fsp3) is 0.364. The van der Waals surface area contributed by atoms with Crippen molar-refractivity contribution in [1.29, 1.82) is 0 Å². The molecular weight excluding hydrogens is 202 g/mol. The standard InChI is InChI=1S/C11H15N5/c1(6-16-7-5-14-10-16)3-12-8-11-2-4-13-9-15-11/h2,4-5,7,9-10,12H,1,3,6,8H2. The fourth-order valence-electron chi connectivity index (χ4n) is 1.44. The molecule has 1 N–H and O–H groups in total. The molecule has 0 fully saturated rings. The predicted molar refractivity (Wildman–Crippen MR) is 60.6 cm³/mol. The molecule has 16 heavy (non-hydrogen) atoms. The van der Waals surface area contributed by atoms with E-state index in [1.165, 1.54) is 0 Å². The first-order chi connectivity index (χ1) is 7.95. The van der Waals surface area contributed by atoms with Crippen LogP contribution in [0, 0.1) is 0 Å². The number of aryl methyl sites for hydroxylation is 1. The van der Waals surface area contributed by atoms with Crippen LogP contribution in [0.4, 0.5) is 0 Å². The highest BCUT2D eigenvalue weighted by Gasteiger charge is 1.93. The zero-order valence-corrected chi connectivity index (χ0v) is 9.08. The van der Waals surface area contributed by atoms with Crippen LogP contribution in [0.2, 0.25) is 0 Å². The Morgan fingerprint density at radius 3 is 3.00 bits per heavy atom. The third-order valence-electron chi connectivity index (χ3n) is 2.28. The number of imidazole rings is 1. The molecule has 2 rings (SSSR count). The molecule has 0 unspecified atom stereocenters. The van der Waals surface area contributed by atoms with E-state index in [1.807, 2.05) is 18.6 Å². The van der Waals surface area contributed by atoms with E-state index in [0.29, 0.717) is 0 Å². The summed E-state index contributed by atoms with van der Waals surface area (Å²) in [7, 11) is 0. The molecule has 0 aliphatic carbocycles. The molecule has 0 saturated carbocycles. The fourth-order valence-corrected chi connectivity index (χ4v) is 1.44. The summed E-state index contributed by atoms with van der Waals surface area (Å²) in [5.74, 6) is 0. The van der Waals surface area contributed by atoms with Crippen LogP contribution in [-0.2, 0) is 13.1 Å². The molecule has 2 heterocycles. The molecule has 0 spiro atoms. The first-order valence-electron chi connectivity index (χ1n) is 5.36. The first-order valence-corrected chi connectivity index (χ1v) is 5.36. The van der Waals surface area contributed by atoms with E-state index in [9.17, 15) is 0 Å². The molecule has 0 radical (unpaired) electrons. The van der Waals surface area contributed by atoms with Crippen LogP contribution in [0.5, 0.6) is 0 Å². The number of rotatable bonds is 6.